The zero-order valence-corrected chi connectivity index (χ0v) is 17.6. The molecule has 2 aromatic rings. The van der Waals surface area contributed by atoms with E-state index in [0.717, 1.165) is 25.0 Å². The van der Waals surface area contributed by atoms with Gasteiger partial charge in [-0.15, -0.1) is 0 Å². The Kier molecular flexibility index (Phi) is 6.21. The normalized spacial score (nSPS) is 21.4. The Morgan fingerprint density at radius 3 is 2.38 bits per heavy atom. The molecule has 0 saturated carbocycles. The zero-order valence-electron chi connectivity index (χ0n) is 17.6. The lowest BCUT2D eigenvalue weighted by molar-refractivity contribution is -0.127. The van der Waals surface area contributed by atoms with Gasteiger partial charge in [0.05, 0.1) is 0 Å². The third-order valence-electron chi connectivity index (χ3n) is 6.49. The molecule has 1 atom stereocenters. The molecule has 0 unspecified atom stereocenters. The van der Waals surface area contributed by atoms with Crippen LogP contribution in [0.25, 0.3) is 0 Å². The van der Waals surface area contributed by atoms with Crippen molar-refractivity contribution in [2.75, 3.05) is 13.1 Å². The number of benzene rings is 2. The van der Waals surface area contributed by atoms with E-state index in [1.165, 1.54) is 11.6 Å². The van der Waals surface area contributed by atoms with E-state index in [1.54, 1.807) is 4.90 Å². The smallest absolute Gasteiger partial charge is 0.322 e. The summed E-state index contributed by atoms with van der Waals surface area (Å²) >= 11 is 0. The van der Waals surface area contributed by atoms with E-state index in [9.17, 15) is 23.2 Å². The van der Waals surface area contributed by atoms with Crippen molar-refractivity contribution in [3.05, 3.63) is 71.3 Å². The molecule has 2 fully saturated rings. The Labute approximate surface area is 185 Å². The van der Waals surface area contributed by atoms with Gasteiger partial charge in [0.1, 0.15) is 5.54 Å². The zero-order chi connectivity index (χ0) is 22.7. The largest absolute Gasteiger partial charge is 0.339 e. The number of hydrogen-bond acceptors (Lipinski definition) is 3. The van der Waals surface area contributed by atoms with E-state index >= 15 is 0 Å². The molecule has 0 bridgehead atoms. The number of likely N-dealkylation sites (tertiary alicyclic amines) is 1. The fraction of sp³-hybridized carbons (Fsp3) is 0.375. The van der Waals surface area contributed by atoms with Crippen LogP contribution in [-0.4, -0.2) is 41.4 Å². The highest BCUT2D eigenvalue weighted by molar-refractivity contribution is 6.07. The maximum Gasteiger partial charge on any atom is 0.322 e. The van der Waals surface area contributed by atoms with Gasteiger partial charge in [-0.25, -0.2) is 13.6 Å². The van der Waals surface area contributed by atoms with E-state index in [-0.39, 0.29) is 23.3 Å². The van der Waals surface area contributed by atoms with Crippen LogP contribution in [0.1, 0.15) is 41.6 Å². The summed E-state index contributed by atoms with van der Waals surface area (Å²) in [6.45, 7) is 0.734. The van der Waals surface area contributed by atoms with Crippen LogP contribution in [0.4, 0.5) is 13.6 Å². The first kappa shape index (κ1) is 21.9. The van der Waals surface area contributed by atoms with Crippen LogP contribution >= 0.6 is 0 Å². The number of amides is 4. The Balaban J connectivity index is 1.42. The first-order valence-corrected chi connectivity index (χ1v) is 10.8. The molecule has 2 saturated heterocycles. The molecule has 6 nitrogen and oxygen atoms in total. The number of piperidine rings is 1. The Bertz CT molecular complexity index is 1020. The van der Waals surface area contributed by atoms with E-state index in [4.69, 9.17) is 0 Å². The van der Waals surface area contributed by atoms with Crippen molar-refractivity contribution in [3.63, 3.8) is 0 Å². The van der Waals surface area contributed by atoms with Crippen molar-refractivity contribution in [3.8, 4) is 0 Å². The minimum atomic E-state index is -1.06. The summed E-state index contributed by atoms with van der Waals surface area (Å²) in [7, 11) is 0. The van der Waals surface area contributed by atoms with Crippen LogP contribution in [-0.2, 0) is 11.2 Å². The van der Waals surface area contributed by atoms with Crippen LogP contribution in [0.2, 0.25) is 0 Å². The van der Waals surface area contributed by atoms with Gasteiger partial charge in [0.15, 0.2) is 11.6 Å². The molecule has 2 N–H and O–H groups in total. The summed E-state index contributed by atoms with van der Waals surface area (Å²) < 4.78 is 26.7. The molecule has 0 aromatic heterocycles. The fourth-order valence-corrected chi connectivity index (χ4v) is 4.78. The lowest BCUT2D eigenvalue weighted by Crippen LogP contribution is -2.56. The van der Waals surface area contributed by atoms with Crippen molar-refractivity contribution in [1.82, 2.24) is 15.5 Å². The summed E-state index contributed by atoms with van der Waals surface area (Å²) in [6, 6.07) is 12.6. The van der Waals surface area contributed by atoms with Gasteiger partial charge in [-0.3, -0.25) is 14.9 Å². The van der Waals surface area contributed by atoms with E-state index in [2.05, 4.69) is 10.6 Å². The molecule has 0 radical (unpaired) electrons. The molecule has 168 valence electrons. The molecule has 4 rings (SSSR count). The second-order valence-corrected chi connectivity index (χ2v) is 8.41. The average molecular weight is 441 g/mol. The Morgan fingerprint density at radius 2 is 1.75 bits per heavy atom. The fourth-order valence-electron chi connectivity index (χ4n) is 4.78. The number of carbonyl (C=O) groups is 3. The minimum Gasteiger partial charge on any atom is -0.339 e. The summed E-state index contributed by atoms with van der Waals surface area (Å²) in [5, 5.41) is 5.25. The van der Waals surface area contributed by atoms with E-state index in [1.807, 2.05) is 30.3 Å². The van der Waals surface area contributed by atoms with E-state index in [0.29, 0.717) is 32.4 Å². The monoisotopic (exact) mass is 441 g/mol. The SMILES string of the molecule is O=C1NC(=O)[C@@](CCCc2ccccc2)(C2CCN(C(=O)c3ccc(F)c(F)c3)CC2)N1. The number of aryl methyl sites for hydroxylation is 1. The topological polar surface area (TPSA) is 78.5 Å². The van der Waals surface area contributed by atoms with Gasteiger partial charge in [0.25, 0.3) is 11.8 Å². The van der Waals surface area contributed by atoms with Crippen LogP contribution in [0.5, 0.6) is 0 Å². The van der Waals surface area contributed by atoms with Crippen molar-refractivity contribution in [1.29, 1.82) is 0 Å². The van der Waals surface area contributed by atoms with Gasteiger partial charge in [0.2, 0.25) is 0 Å². The van der Waals surface area contributed by atoms with Crippen molar-refractivity contribution < 1.29 is 23.2 Å². The van der Waals surface area contributed by atoms with Crippen LogP contribution in [0.3, 0.4) is 0 Å². The Morgan fingerprint density at radius 1 is 1.03 bits per heavy atom. The first-order valence-electron chi connectivity index (χ1n) is 10.8. The van der Waals surface area contributed by atoms with Gasteiger partial charge in [-0.1, -0.05) is 30.3 Å². The minimum absolute atomic E-state index is 0.0897. The number of carbonyl (C=O) groups excluding carboxylic acids is 3. The molecule has 32 heavy (non-hydrogen) atoms. The van der Waals surface area contributed by atoms with Gasteiger partial charge < -0.3 is 10.2 Å². The quantitative estimate of drug-likeness (QED) is 0.675. The molecule has 2 aliphatic heterocycles. The van der Waals surface area contributed by atoms with Gasteiger partial charge in [-0.05, 0) is 61.8 Å². The number of nitrogens with zero attached hydrogens (tertiary/aromatic N) is 1. The Hall–Kier alpha value is -3.29. The highest BCUT2D eigenvalue weighted by Crippen LogP contribution is 2.35. The highest BCUT2D eigenvalue weighted by atomic mass is 19.2. The average Bonchev–Trinajstić information content (AvgIpc) is 3.09. The van der Waals surface area contributed by atoms with Gasteiger partial charge in [0, 0.05) is 18.7 Å². The predicted octanol–water partition coefficient (Wildman–Crippen LogP) is 3.42. The maximum absolute atomic E-state index is 13.5. The number of imide groups is 1. The molecule has 4 amide bonds. The predicted molar refractivity (Wildman–Crippen MR) is 114 cm³/mol. The maximum atomic E-state index is 13.5. The van der Waals surface area contributed by atoms with Crippen molar-refractivity contribution in [2.45, 2.75) is 37.6 Å². The number of urea groups is 1. The van der Waals surface area contributed by atoms with Crippen molar-refractivity contribution >= 4 is 17.8 Å². The molecule has 2 aromatic carbocycles. The molecular weight excluding hydrogens is 416 g/mol. The summed E-state index contributed by atoms with van der Waals surface area (Å²) in [6.07, 6.45) is 3.06. The summed E-state index contributed by atoms with van der Waals surface area (Å²) in [4.78, 5) is 39.1. The molecular formula is C24H25F2N3O3. The van der Waals surface area contributed by atoms with Gasteiger partial charge >= 0.3 is 6.03 Å². The number of halogens is 2. The molecule has 0 spiro atoms. The molecule has 2 aliphatic rings. The third-order valence-corrected chi connectivity index (χ3v) is 6.49. The second kappa shape index (κ2) is 9.06. The second-order valence-electron chi connectivity index (χ2n) is 8.41. The van der Waals surface area contributed by atoms with Crippen molar-refractivity contribution in [2.24, 2.45) is 5.92 Å². The number of nitrogens with one attached hydrogen (secondary N) is 2. The van der Waals surface area contributed by atoms with Crippen LogP contribution < -0.4 is 10.6 Å². The third kappa shape index (κ3) is 4.35. The molecule has 8 heteroatoms. The summed E-state index contributed by atoms with van der Waals surface area (Å²) in [5.74, 6) is -2.88. The van der Waals surface area contributed by atoms with E-state index < -0.39 is 23.2 Å². The van der Waals surface area contributed by atoms with Crippen LogP contribution in [0, 0.1) is 17.6 Å². The number of hydrogen-bond donors (Lipinski definition) is 2. The first-order chi connectivity index (χ1) is 15.4. The number of rotatable bonds is 6. The lowest BCUT2D eigenvalue weighted by atomic mass is 9.74. The standard InChI is InChI=1S/C24H25F2N3O3/c25-19-9-8-17(15-20(19)26)21(30)29-13-10-18(11-14-29)24(22(31)27-23(32)28-24)12-4-7-16-5-2-1-3-6-16/h1-3,5-6,8-9,15,18H,4,7,10-14H2,(H2,27,28,31,32)/t24-/m1/s1. The summed E-state index contributed by atoms with van der Waals surface area (Å²) in [5.41, 5.74) is 0.259. The molecule has 0 aliphatic carbocycles. The molecule has 2 heterocycles. The lowest BCUT2D eigenvalue weighted by Gasteiger charge is -2.40. The van der Waals surface area contributed by atoms with Crippen LogP contribution in [0.15, 0.2) is 48.5 Å². The van der Waals surface area contributed by atoms with Gasteiger partial charge in [-0.2, -0.15) is 0 Å². The highest BCUT2D eigenvalue weighted by Gasteiger charge is 2.51.